The van der Waals surface area contributed by atoms with Gasteiger partial charge in [-0.05, 0) is 49.2 Å². The molecule has 0 saturated carbocycles. The molecule has 0 spiro atoms. The molecule has 7 nitrogen and oxygen atoms in total. The minimum absolute atomic E-state index is 0.120. The number of nitriles is 1. The lowest BCUT2D eigenvalue weighted by Gasteiger charge is -2.27. The number of halogens is 1. The van der Waals surface area contributed by atoms with Gasteiger partial charge in [-0.1, -0.05) is 36.4 Å². The normalized spacial score (nSPS) is 12.2. The van der Waals surface area contributed by atoms with Crippen molar-refractivity contribution in [2.75, 3.05) is 12.3 Å². The van der Waals surface area contributed by atoms with Gasteiger partial charge in [-0.15, -0.1) is 0 Å². The molecule has 0 unspecified atom stereocenters. The van der Waals surface area contributed by atoms with Crippen molar-refractivity contribution in [1.82, 2.24) is 15.1 Å². The number of benzene rings is 3. The zero-order valence-corrected chi connectivity index (χ0v) is 18.7. The number of ether oxygens (including phenoxy) is 1. The SMILES string of the molecule is N#Cc1c(CCCNC(=O)C2c3ccccc3Oc3ccccc32)nn(-c2ccc(F)cc2)c1N. The van der Waals surface area contributed by atoms with E-state index in [4.69, 9.17) is 10.5 Å². The van der Waals surface area contributed by atoms with Crippen LogP contribution < -0.4 is 15.8 Å². The highest BCUT2D eigenvalue weighted by Crippen LogP contribution is 2.43. The first-order valence-electron chi connectivity index (χ1n) is 11.2. The zero-order chi connectivity index (χ0) is 24.4. The molecule has 1 aliphatic heterocycles. The smallest absolute Gasteiger partial charge is 0.232 e. The number of nitrogens with zero attached hydrogens (tertiary/aromatic N) is 3. The molecule has 4 aromatic rings. The summed E-state index contributed by atoms with van der Waals surface area (Å²) >= 11 is 0. The van der Waals surface area contributed by atoms with Crippen LogP contribution >= 0.6 is 0 Å². The Morgan fingerprint density at radius 2 is 1.69 bits per heavy atom. The number of aromatic nitrogens is 2. The number of nitrogens with one attached hydrogen (secondary N) is 1. The lowest BCUT2D eigenvalue weighted by atomic mass is 9.87. The molecular weight excluding hydrogens is 445 g/mol. The second-order valence-corrected chi connectivity index (χ2v) is 8.21. The Kier molecular flexibility index (Phi) is 5.90. The highest BCUT2D eigenvalue weighted by Gasteiger charge is 2.32. The summed E-state index contributed by atoms with van der Waals surface area (Å²) in [7, 11) is 0. The van der Waals surface area contributed by atoms with Crippen molar-refractivity contribution >= 4 is 11.7 Å². The first-order chi connectivity index (χ1) is 17.1. The van der Waals surface area contributed by atoms with Crippen molar-refractivity contribution < 1.29 is 13.9 Å². The molecule has 0 bridgehead atoms. The molecule has 0 saturated heterocycles. The maximum absolute atomic E-state index is 13.3. The topological polar surface area (TPSA) is 106 Å². The fourth-order valence-electron chi connectivity index (χ4n) is 4.32. The Hall–Kier alpha value is -4.64. The van der Waals surface area contributed by atoms with Gasteiger partial charge >= 0.3 is 0 Å². The summed E-state index contributed by atoms with van der Waals surface area (Å²) in [5, 5.41) is 17.1. The zero-order valence-electron chi connectivity index (χ0n) is 18.7. The Morgan fingerprint density at radius 3 is 2.31 bits per heavy atom. The third-order valence-corrected chi connectivity index (χ3v) is 6.01. The van der Waals surface area contributed by atoms with Crippen molar-refractivity contribution in [3.63, 3.8) is 0 Å². The van der Waals surface area contributed by atoms with Gasteiger partial charge in [0.2, 0.25) is 5.91 Å². The summed E-state index contributed by atoms with van der Waals surface area (Å²) in [6.45, 7) is 0.398. The van der Waals surface area contributed by atoms with E-state index in [0.717, 1.165) is 11.1 Å². The van der Waals surface area contributed by atoms with Gasteiger partial charge in [-0.25, -0.2) is 9.07 Å². The molecule has 2 heterocycles. The number of amides is 1. The van der Waals surface area contributed by atoms with Gasteiger partial charge in [0.15, 0.2) is 0 Å². The number of nitrogen functional groups attached to an aromatic ring is 1. The predicted octanol–water partition coefficient (Wildman–Crippen LogP) is 4.45. The summed E-state index contributed by atoms with van der Waals surface area (Å²) in [4.78, 5) is 13.2. The summed E-state index contributed by atoms with van der Waals surface area (Å²) in [6, 6.07) is 22.9. The van der Waals surface area contributed by atoms with Crippen LogP contribution in [0.3, 0.4) is 0 Å². The number of aryl methyl sites for hydroxylation is 1. The van der Waals surface area contributed by atoms with Crippen LogP contribution in [-0.4, -0.2) is 22.2 Å². The van der Waals surface area contributed by atoms with Gasteiger partial charge in [0, 0.05) is 17.7 Å². The molecule has 174 valence electrons. The van der Waals surface area contributed by atoms with E-state index in [9.17, 15) is 14.4 Å². The summed E-state index contributed by atoms with van der Waals surface area (Å²) in [6.07, 6.45) is 1.01. The Bertz CT molecular complexity index is 1390. The summed E-state index contributed by atoms with van der Waals surface area (Å²) in [5.41, 5.74) is 9.15. The number of hydrogen-bond donors (Lipinski definition) is 2. The molecule has 35 heavy (non-hydrogen) atoms. The van der Waals surface area contributed by atoms with Gasteiger partial charge in [0.25, 0.3) is 0 Å². The molecule has 1 aromatic heterocycles. The lowest BCUT2D eigenvalue weighted by Crippen LogP contribution is -2.32. The maximum Gasteiger partial charge on any atom is 0.232 e. The van der Waals surface area contributed by atoms with Gasteiger partial charge < -0.3 is 15.8 Å². The largest absolute Gasteiger partial charge is 0.457 e. The van der Waals surface area contributed by atoms with E-state index >= 15 is 0 Å². The summed E-state index contributed by atoms with van der Waals surface area (Å²) in [5.74, 6) is 0.585. The Labute approximate surface area is 201 Å². The number of hydrogen-bond acceptors (Lipinski definition) is 5. The number of fused-ring (bicyclic) bond motifs is 2. The van der Waals surface area contributed by atoms with Crippen LogP contribution in [0.25, 0.3) is 5.69 Å². The third kappa shape index (κ3) is 4.20. The molecule has 0 aliphatic carbocycles. The van der Waals surface area contributed by atoms with Crippen LogP contribution in [0, 0.1) is 17.1 Å². The van der Waals surface area contributed by atoms with E-state index in [0.29, 0.717) is 42.3 Å². The first-order valence-corrected chi connectivity index (χ1v) is 11.2. The van der Waals surface area contributed by atoms with Crippen LogP contribution in [0.5, 0.6) is 11.5 Å². The van der Waals surface area contributed by atoms with Crippen molar-refractivity contribution in [2.45, 2.75) is 18.8 Å². The third-order valence-electron chi connectivity index (χ3n) is 6.01. The molecule has 0 atom stereocenters. The number of carbonyl (C=O) groups is 1. The molecule has 1 amide bonds. The fraction of sp³-hybridized carbons (Fsp3) is 0.148. The standard InChI is InChI=1S/C27H22FN5O2/c28-17-11-13-18(14-12-17)33-26(30)21(16-29)22(32-33)8-5-15-31-27(34)25-19-6-1-3-9-23(19)35-24-10-4-2-7-20(24)25/h1-4,6-7,9-14,25H,5,8,15,30H2,(H,31,34). The molecule has 1 aliphatic rings. The first kappa shape index (κ1) is 22.2. The van der Waals surface area contributed by atoms with Crippen molar-refractivity contribution in [2.24, 2.45) is 0 Å². The van der Waals surface area contributed by atoms with Crippen molar-refractivity contribution in [3.05, 3.63) is 101 Å². The van der Waals surface area contributed by atoms with Crippen molar-refractivity contribution in [1.29, 1.82) is 5.26 Å². The molecule has 0 fully saturated rings. The van der Waals surface area contributed by atoms with E-state index in [2.05, 4.69) is 16.5 Å². The second-order valence-electron chi connectivity index (χ2n) is 8.21. The van der Waals surface area contributed by atoms with E-state index in [1.807, 2.05) is 48.5 Å². The molecular formula is C27H22FN5O2. The second kappa shape index (κ2) is 9.31. The van der Waals surface area contributed by atoms with Crippen LogP contribution in [-0.2, 0) is 11.2 Å². The quantitative estimate of drug-likeness (QED) is 0.408. The van der Waals surface area contributed by atoms with E-state index < -0.39 is 5.92 Å². The van der Waals surface area contributed by atoms with E-state index in [1.54, 1.807) is 12.1 Å². The summed E-state index contributed by atoms with van der Waals surface area (Å²) < 4.78 is 20.7. The average molecular weight is 468 g/mol. The van der Waals surface area contributed by atoms with Gasteiger partial charge in [0.1, 0.15) is 34.8 Å². The predicted molar refractivity (Wildman–Crippen MR) is 129 cm³/mol. The van der Waals surface area contributed by atoms with Gasteiger partial charge in [0.05, 0.1) is 17.3 Å². The Balaban J connectivity index is 1.28. The monoisotopic (exact) mass is 467 g/mol. The van der Waals surface area contributed by atoms with Crippen LogP contribution in [0.2, 0.25) is 0 Å². The minimum Gasteiger partial charge on any atom is -0.457 e. The fourth-order valence-corrected chi connectivity index (χ4v) is 4.32. The highest BCUT2D eigenvalue weighted by atomic mass is 19.1. The van der Waals surface area contributed by atoms with Crippen LogP contribution in [0.15, 0.2) is 72.8 Å². The molecule has 3 N–H and O–H groups in total. The average Bonchev–Trinajstić information content (AvgIpc) is 3.20. The van der Waals surface area contributed by atoms with Crippen LogP contribution in [0.4, 0.5) is 10.2 Å². The van der Waals surface area contributed by atoms with E-state index in [1.165, 1.54) is 16.8 Å². The van der Waals surface area contributed by atoms with Gasteiger partial charge in [-0.3, -0.25) is 4.79 Å². The van der Waals surface area contributed by atoms with Gasteiger partial charge in [-0.2, -0.15) is 10.4 Å². The minimum atomic E-state index is -0.473. The number of nitrogens with two attached hydrogens (primary N) is 1. The van der Waals surface area contributed by atoms with Crippen LogP contribution in [0.1, 0.15) is 34.7 Å². The number of para-hydroxylation sites is 2. The molecule has 8 heteroatoms. The van der Waals surface area contributed by atoms with Crippen molar-refractivity contribution in [3.8, 4) is 23.3 Å². The molecule has 3 aromatic carbocycles. The number of carbonyl (C=O) groups excluding carboxylic acids is 1. The number of rotatable bonds is 6. The number of anilines is 1. The Morgan fingerprint density at radius 1 is 1.06 bits per heavy atom. The van der Waals surface area contributed by atoms with E-state index in [-0.39, 0.29) is 23.1 Å². The lowest BCUT2D eigenvalue weighted by molar-refractivity contribution is -0.121. The highest BCUT2D eigenvalue weighted by molar-refractivity contribution is 5.89. The molecule has 5 rings (SSSR count). The maximum atomic E-state index is 13.3. The molecule has 0 radical (unpaired) electrons.